The summed E-state index contributed by atoms with van der Waals surface area (Å²) in [4.78, 5) is 19.1. The van der Waals surface area contributed by atoms with Gasteiger partial charge < -0.3 is 25.0 Å². The van der Waals surface area contributed by atoms with Crippen LogP contribution in [0.3, 0.4) is 0 Å². The predicted molar refractivity (Wildman–Crippen MR) is 238 cm³/mol. The number of benzene rings is 6. The van der Waals surface area contributed by atoms with E-state index >= 15 is 0 Å². The summed E-state index contributed by atoms with van der Waals surface area (Å²) < 4.78 is 12.8. The number of aliphatic hydroxyl groups is 2. The zero-order chi connectivity index (χ0) is 42.7. The van der Waals surface area contributed by atoms with E-state index in [1.807, 2.05) is 111 Å². The van der Waals surface area contributed by atoms with Gasteiger partial charge in [0.05, 0.1) is 44.2 Å². The van der Waals surface area contributed by atoms with Crippen LogP contribution in [0.1, 0.15) is 79.2 Å². The predicted octanol–water partition coefficient (Wildman–Crippen LogP) is 10.3. The van der Waals surface area contributed by atoms with Crippen molar-refractivity contribution in [2.24, 2.45) is 0 Å². The molecule has 1 aromatic heterocycles. The van der Waals surface area contributed by atoms with E-state index in [9.17, 15) is 20.7 Å². The molecule has 1 heterocycles. The molecule has 11 heteroatoms. The number of fused-ring (bicyclic) bond motifs is 3. The highest BCUT2D eigenvalue weighted by molar-refractivity contribution is 5.93. The highest BCUT2D eigenvalue weighted by Crippen LogP contribution is 2.36. The minimum absolute atomic E-state index is 0.0136. The molecule has 0 radical (unpaired) electrons. The summed E-state index contributed by atoms with van der Waals surface area (Å²) in [6.07, 6.45) is 8.38. The molecule has 0 amide bonds. The maximum absolute atomic E-state index is 9.99. The molecule has 7 rings (SSSR count). The van der Waals surface area contributed by atoms with Gasteiger partial charge in [-0.3, -0.25) is 10.5 Å². The number of nitrogens with one attached hydrogen (secondary N) is 1. The Labute approximate surface area is 355 Å². The number of terminal acetylenes is 1. The lowest BCUT2D eigenvalue weighted by Gasteiger charge is -2.22. The third-order valence-corrected chi connectivity index (χ3v) is 11.4. The van der Waals surface area contributed by atoms with Gasteiger partial charge in [-0.15, -0.1) is 6.42 Å². The van der Waals surface area contributed by atoms with Gasteiger partial charge in [0.2, 0.25) is 0 Å². The van der Waals surface area contributed by atoms with Crippen molar-refractivity contribution in [3.63, 3.8) is 0 Å². The molecule has 5 N–H and O–H groups in total. The molecule has 0 spiro atoms. The average Bonchev–Trinajstić information content (AvgIpc) is 3.30. The standard InChI is InChI=1S/C50H51N3O8/c1-4-34-8-5-9-43(24-34)53-50-44-27-48(58-20-6-10-46(60-56)32(2)37-16-18-39-22-35(29-54)12-14-41(39)25-37)49(28-45(44)51-31-52-50)59-21-7-11-47(61-57)33(3)38-17-19-40-23-36(30-55)13-15-42(40)26-38/h1,5,8-9,12-19,22-28,31-33,46-47,54-57H,6-7,10-11,20-21,29-30H2,2-3H3,(H,51,52,53). The van der Waals surface area contributed by atoms with Crippen LogP contribution in [-0.2, 0) is 23.0 Å². The van der Waals surface area contributed by atoms with E-state index in [0.717, 1.165) is 55.0 Å². The molecular weight excluding hydrogens is 771 g/mol. The van der Waals surface area contributed by atoms with Gasteiger partial charge in [0.25, 0.3) is 0 Å². The Balaban J connectivity index is 1.04. The molecule has 6 aromatic carbocycles. The van der Waals surface area contributed by atoms with Crippen LogP contribution in [-0.4, -0.2) is 56.1 Å². The second-order valence-electron chi connectivity index (χ2n) is 15.4. The summed E-state index contributed by atoms with van der Waals surface area (Å²) in [7, 11) is 0. The van der Waals surface area contributed by atoms with Gasteiger partial charge in [0.1, 0.15) is 12.1 Å². The fourth-order valence-electron chi connectivity index (χ4n) is 7.75. The van der Waals surface area contributed by atoms with E-state index in [-0.39, 0.29) is 25.0 Å². The number of nitrogens with zero attached hydrogens (tertiary/aromatic N) is 2. The van der Waals surface area contributed by atoms with Crippen LogP contribution in [0.2, 0.25) is 0 Å². The summed E-state index contributed by atoms with van der Waals surface area (Å²) in [5, 5.41) is 47.3. The fourth-order valence-corrected chi connectivity index (χ4v) is 7.75. The van der Waals surface area contributed by atoms with Crippen LogP contribution in [0.5, 0.6) is 11.5 Å². The normalized spacial score (nSPS) is 13.5. The molecule has 4 atom stereocenters. The Hall–Kier alpha value is -6.10. The summed E-state index contributed by atoms with van der Waals surface area (Å²) >= 11 is 0. The molecule has 0 saturated carbocycles. The molecule has 11 nitrogen and oxygen atoms in total. The van der Waals surface area contributed by atoms with Crippen molar-refractivity contribution in [2.45, 2.75) is 76.8 Å². The Kier molecular flexibility index (Phi) is 14.4. The Morgan fingerprint density at radius 3 is 1.72 bits per heavy atom. The first kappa shape index (κ1) is 43.0. The van der Waals surface area contributed by atoms with Crippen LogP contribution in [0.4, 0.5) is 11.5 Å². The van der Waals surface area contributed by atoms with E-state index in [1.165, 1.54) is 6.33 Å². The van der Waals surface area contributed by atoms with Crippen LogP contribution in [0.25, 0.3) is 32.4 Å². The molecule has 0 aliphatic heterocycles. The van der Waals surface area contributed by atoms with Gasteiger partial charge in [-0.25, -0.2) is 19.7 Å². The van der Waals surface area contributed by atoms with E-state index < -0.39 is 12.2 Å². The number of rotatable bonds is 20. The Morgan fingerprint density at radius 2 is 1.18 bits per heavy atom. The number of aliphatic hydroxyl groups excluding tert-OH is 2. The largest absolute Gasteiger partial charge is 0.490 e. The lowest BCUT2D eigenvalue weighted by Crippen LogP contribution is -2.20. The van der Waals surface area contributed by atoms with Crippen LogP contribution in [0, 0.1) is 12.3 Å². The molecule has 61 heavy (non-hydrogen) atoms. The highest BCUT2D eigenvalue weighted by Gasteiger charge is 2.23. The second kappa shape index (κ2) is 20.4. The van der Waals surface area contributed by atoms with Gasteiger partial charge >= 0.3 is 0 Å². The average molecular weight is 822 g/mol. The number of anilines is 2. The van der Waals surface area contributed by atoms with Crippen molar-refractivity contribution < 1.29 is 40.0 Å². The number of hydrogen-bond acceptors (Lipinski definition) is 11. The molecule has 0 aliphatic carbocycles. The first-order chi connectivity index (χ1) is 29.8. The number of aromatic nitrogens is 2. The maximum atomic E-state index is 9.99. The van der Waals surface area contributed by atoms with Crippen molar-refractivity contribution in [2.75, 3.05) is 18.5 Å². The molecule has 7 aromatic rings. The van der Waals surface area contributed by atoms with Crippen molar-refractivity contribution in [1.29, 1.82) is 0 Å². The van der Waals surface area contributed by atoms with Crippen molar-refractivity contribution in [1.82, 2.24) is 9.97 Å². The molecule has 0 fully saturated rings. The summed E-state index contributed by atoms with van der Waals surface area (Å²) in [6.45, 7) is 4.64. The molecule has 0 aliphatic rings. The van der Waals surface area contributed by atoms with E-state index in [4.69, 9.17) is 25.7 Å². The van der Waals surface area contributed by atoms with Gasteiger partial charge in [0, 0.05) is 34.5 Å². The molecular formula is C50H51N3O8. The SMILES string of the molecule is C#Cc1cccc(Nc2ncnc3cc(OCCCC(OO)C(C)c4ccc5cc(CO)ccc5c4)c(OCCCC(OO)C(C)c4ccc5cc(CO)ccc5c4)cc23)c1. The number of ether oxygens (including phenoxy) is 2. The van der Waals surface area contributed by atoms with Crippen molar-refractivity contribution >= 4 is 44.0 Å². The topological polar surface area (TPSA) is 156 Å². The van der Waals surface area contributed by atoms with E-state index in [2.05, 4.69) is 33.3 Å². The zero-order valence-electron chi connectivity index (χ0n) is 34.3. The lowest BCUT2D eigenvalue weighted by molar-refractivity contribution is -0.284. The smallest absolute Gasteiger partial charge is 0.163 e. The second-order valence-corrected chi connectivity index (χ2v) is 15.4. The Bertz CT molecular complexity index is 2630. The summed E-state index contributed by atoms with van der Waals surface area (Å²) in [5.41, 5.74) is 5.92. The minimum atomic E-state index is -0.481. The summed E-state index contributed by atoms with van der Waals surface area (Å²) in [6, 6.07) is 35.2. The maximum Gasteiger partial charge on any atom is 0.163 e. The first-order valence-corrected chi connectivity index (χ1v) is 20.6. The molecule has 4 unspecified atom stereocenters. The lowest BCUT2D eigenvalue weighted by atomic mass is 9.91. The highest BCUT2D eigenvalue weighted by atomic mass is 17.1. The third kappa shape index (κ3) is 10.4. The minimum Gasteiger partial charge on any atom is -0.490 e. The van der Waals surface area contributed by atoms with Crippen LogP contribution in [0.15, 0.2) is 116 Å². The zero-order valence-corrected chi connectivity index (χ0v) is 34.3. The van der Waals surface area contributed by atoms with Crippen LogP contribution >= 0.6 is 0 Å². The number of hydrogen-bond donors (Lipinski definition) is 5. The fraction of sp³-hybridized carbons (Fsp3) is 0.280. The van der Waals surface area contributed by atoms with Gasteiger partial charge in [0.15, 0.2) is 11.5 Å². The van der Waals surface area contributed by atoms with Gasteiger partial charge in [-0.05, 0) is 106 Å². The third-order valence-electron chi connectivity index (χ3n) is 11.4. The molecule has 314 valence electrons. The van der Waals surface area contributed by atoms with Crippen molar-refractivity contribution in [3.8, 4) is 23.8 Å². The first-order valence-electron chi connectivity index (χ1n) is 20.6. The van der Waals surface area contributed by atoms with Crippen molar-refractivity contribution in [3.05, 3.63) is 143 Å². The van der Waals surface area contributed by atoms with Gasteiger partial charge in [-0.1, -0.05) is 86.5 Å². The quantitative estimate of drug-likeness (QED) is 0.0216. The van der Waals surface area contributed by atoms with E-state index in [0.29, 0.717) is 67.1 Å². The molecule has 0 bridgehead atoms. The van der Waals surface area contributed by atoms with Gasteiger partial charge in [-0.2, -0.15) is 0 Å². The molecule has 0 saturated heterocycles. The van der Waals surface area contributed by atoms with E-state index in [1.54, 1.807) is 0 Å². The summed E-state index contributed by atoms with van der Waals surface area (Å²) in [5.74, 6) is 4.02. The monoisotopic (exact) mass is 821 g/mol. The Morgan fingerprint density at radius 1 is 0.639 bits per heavy atom. The van der Waals surface area contributed by atoms with Crippen LogP contribution < -0.4 is 14.8 Å².